The molecule has 39 heavy (non-hydrogen) atoms. The summed E-state index contributed by atoms with van der Waals surface area (Å²) in [5, 5.41) is 9.94. The van der Waals surface area contributed by atoms with E-state index in [-0.39, 0.29) is 24.5 Å². The number of nitrogens with zero attached hydrogens (tertiary/aromatic N) is 2. The lowest BCUT2D eigenvalue weighted by atomic mass is 9.50. The van der Waals surface area contributed by atoms with Crippen molar-refractivity contribution in [1.29, 1.82) is 0 Å². The number of carbonyl (C=O) groups excluding carboxylic acids is 2. The summed E-state index contributed by atoms with van der Waals surface area (Å²) < 4.78 is 0. The van der Waals surface area contributed by atoms with Gasteiger partial charge in [-0.15, -0.1) is 0 Å². The average molecular weight is 537 g/mol. The highest BCUT2D eigenvalue weighted by Crippen LogP contribution is 2.61. The maximum absolute atomic E-state index is 15.3. The molecule has 5 aliphatic carbocycles. The van der Waals surface area contributed by atoms with Crippen LogP contribution < -0.4 is 0 Å². The molecule has 0 radical (unpaired) electrons. The minimum Gasteiger partial charge on any atom is -0.396 e. The first-order valence-electron chi connectivity index (χ1n) is 17.1. The first-order valence-corrected chi connectivity index (χ1v) is 17.1. The summed E-state index contributed by atoms with van der Waals surface area (Å²) in [6, 6.07) is 0.464. The Bertz CT molecular complexity index is 973. The molecule has 0 aromatic rings. The second kappa shape index (κ2) is 10.8. The molecule has 216 valence electrons. The fraction of sp³-hybridized carbons (Fsp3) is 0.882. The van der Waals surface area contributed by atoms with Gasteiger partial charge in [-0.3, -0.25) is 9.59 Å². The fourth-order valence-corrected chi connectivity index (χ4v) is 10.6. The molecule has 4 saturated carbocycles. The van der Waals surface area contributed by atoms with Crippen molar-refractivity contribution in [2.24, 2.45) is 35.0 Å². The van der Waals surface area contributed by atoms with Crippen molar-refractivity contribution < 1.29 is 14.7 Å². The van der Waals surface area contributed by atoms with Crippen LogP contribution in [0.5, 0.6) is 0 Å². The van der Waals surface area contributed by atoms with E-state index < -0.39 is 5.41 Å². The van der Waals surface area contributed by atoms with E-state index >= 15 is 4.79 Å². The number of amides is 2. The maximum atomic E-state index is 15.3. The molecule has 0 bridgehead atoms. The Morgan fingerprint density at radius 3 is 2.21 bits per heavy atom. The molecule has 7 aliphatic rings. The van der Waals surface area contributed by atoms with E-state index in [1.165, 1.54) is 57.1 Å². The second-order valence-electron chi connectivity index (χ2n) is 14.8. The third kappa shape index (κ3) is 4.52. The van der Waals surface area contributed by atoms with Crippen molar-refractivity contribution in [1.82, 2.24) is 9.80 Å². The monoisotopic (exact) mass is 536 g/mol. The molecule has 5 heteroatoms. The molecule has 1 N–H and O–H groups in total. The number of likely N-dealkylation sites (tertiary alicyclic amines) is 1. The number of rotatable bonds is 5. The summed E-state index contributed by atoms with van der Waals surface area (Å²) >= 11 is 0. The van der Waals surface area contributed by atoms with Crippen molar-refractivity contribution in [3.8, 4) is 0 Å². The first kappa shape index (κ1) is 26.5. The highest BCUT2D eigenvalue weighted by molar-refractivity contribution is 5.92. The van der Waals surface area contributed by atoms with Crippen molar-refractivity contribution in [3.63, 3.8) is 0 Å². The molecule has 2 aliphatic heterocycles. The third-order valence-electron chi connectivity index (χ3n) is 12.5. The van der Waals surface area contributed by atoms with Gasteiger partial charge in [-0.1, -0.05) is 32.1 Å². The zero-order valence-corrected chi connectivity index (χ0v) is 24.3. The van der Waals surface area contributed by atoms with Gasteiger partial charge >= 0.3 is 0 Å². The van der Waals surface area contributed by atoms with Crippen LogP contribution in [0.1, 0.15) is 128 Å². The van der Waals surface area contributed by atoms with Crippen LogP contribution in [0, 0.1) is 35.0 Å². The van der Waals surface area contributed by atoms with Crippen LogP contribution in [0.25, 0.3) is 0 Å². The van der Waals surface area contributed by atoms with Crippen LogP contribution in [-0.4, -0.2) is 52.0 Å². The Hall–Kier alpha value is -1.36. The Balaban J connectivity index is 1.35. The Morgan fingerprint density at radius 1 is 0.744 bits per heavy atom. The van der Waals surface area contributed by atoms with E-state index in [9.17, 15) is 9.90 Å². The van der Waals surface area contributed by atoms with E-state index in [1.807, 2.05) is 0 Å². The Labute approximate surface area is 236 Å². The molecule has 0 aromatic heterocycles. The lowest BCUT2D eigenvalue weighted by Gasteiger charge is -2.63. The zero-order chi connectivity index (χ0) is 26.6. The van der Waals surface area contributed by atoms with Crippen LogP contribution in [0.2, 0.25) is 0 Å². The van der Waals surface area contributed by atoms with Crippen molar-refractivity contribution in [2.75, 3.05) is 13.2 Å². The number of hydrogen-bond acceptors (Lipinski definition) is 3. The van der Waals surface area contributed by atoms with Gasteiger partial charge in [0.2, 0.25) is 11.8 Å². The highest BCUT2D eigenvalue weighted by atomic mass is 16.3. The van der Waals surface area contributed by atoms with E-state index in [0.29, 0.717) is 35.6 Å². The fourth-order valence-electron chi connectivity index (χ4n) is 10.6. The summed E-state index contributed by atoms with van der Waals surface area (Å²) in [5.41, 5.74) is 2.58. The SMILES string of the molecule is O=C1C2CCCCC2[C@@]2(CC3=C(CCCC3)N(C3CC3)C2=O)[C@H](C2CCC(CO)CC2)N1CC1CCCCC1. The maximum Gasteiger partial charge on any atom is 0.235 e. The first-order chi connectivity index (χ1) is 19.1. The third-order valence-corrected chi connectivity index (χ3v) is 12.5. The summed E-state index contributed by atoms with van der Waals surface area (Å²) in [7, 11) is 0. The number of allylic oxidation sites excluding steroid dienone is 2. The summed E-state index contributed by atoms with van der Waals surface area (Å²) in [6.07, 6.45) is 22.9. The quantitative estimate of drug-likeness (QED) is 0.431. The summed E-state index contributed by atoms with van der Waals surface area (Å²) in [6.45, 7) is 1.17. The van der Waals surface area contributed by atoms with Gasteiger partial charge in [0, 0.05) is 36.9 Å². The van der Waals surface area contributed by atoms with Gasteiger partial charge < -0.3 is 14.9 Å². The molecule has 2 amide bonds. The van der Waals surface area contributed by atoms with Crippen molar-refractivity contribution >= 4 is 11.8 Å². The van der Waals surface area contributed by atoms with Crippen LogP contribution in [-0.2, 0) is 9.59 Å². The van der Waals surface area contributed by atoms with Gasteiger partial charge in [0.15, 0.2) is 0 Å². The van der Waals surface area contributed by atoms with Gasteiger partial charge in [-0.25, -0.2) is 0 Å². The number of piperidine rings is 1. The number of carbonyl (C=O) groups is 2. The van der Waals surface area contributed by atoms with Crippen LogP contribution >= 0.6 is 0 Å². The highest BCUT2D eigenvalue weighted by Gasteiger charge is 2.66. The number of fused-ring (bicyclic) bond motifs is 2. The van der Waals surface area contributed by atoms with Gasteiger partial charge in [0.05, 0.1) is 5.41 Å². The Kier molecular flexibility index (Phi) is 7.35. The molecule has 7 rings (SSSR count). The predicted octanol–water partition coefficient (Wildman–Crippen LogP) is 6.59. The summed E-state index contributed by atoms with van der Waals surface area (Å²) in [4.78, 5) is 34.7. The van der Waals surface area contributed by atoms with Crippen molar-refractivity contribution in [3.05, 3.63) is 11.3 Å². The predicted molar refractivity (Wildman–Crippen MR) is 152 cm³/mol. The van der Waals surface area contributed by atoms with E-state index in [1.54, 1.807) is 5.57 Å². The zero-order valence-electron chi connectivity index (χ0n) is 24.3. The van der Waals surface area contributed by atoms with E-state index in [0.717, 1.165) is 83.6 Å². The van der Waals surface area contributed by atoms with Gasteiger partial charge in [-0.05, 0) is 126 Å². The number of hydrogen-bond donors (Lipinski definition) is 1. The standard InChI is InChI=1S/C34H52N2O3/c37-22-24-14-16-25(17-15-24)31-34(20-26-10-4-7-13-30(26)36(33(34)39)27-18-19-27)29-12-6-5-11-28(29)32(38)35(31)21-23-8-2-1-3-9-23/h23-25,27-29,31,37H,1-22H2/t24?,25?,28?,29?,31-,34-/m0/s1. The Morgan fingerprint density at radius 2 is 1.46 bits per heavy atom. The lowest BCUT2D eigenvalue weighted by Crippen LogP contribution is -2.71. The minimum absolute atomic E-state index is 0.0446. The smallest absolute Gasteiger partial charge is 0.235 e. The van der Waals surface area contributed by atoms with Crippen LogP contribution in [0.15, 0.2) is 11.3 Å². The molecular formula is C34H52N2O3. The lowest BCUT2D eigenvalue weighted by molar-refractivity contribution is -0.185. The largest absolute Gasteiger partial charge is 0.396 e. The number of aliphatic hydroxyl groups excluding tert-OH is 1. The van der Waals surface area contributed by atoms with Gasteiger partial charge in [0.25, 0.3) is 0 Å². The topological polar surface area (TPSA) is 60.9 Å². The molecule has 1 saturated heterocycles. The molecule has 1 spiro atoms. The average Bonchev–Trinajstić information content (AvgIpc) is 3.82. The van der Waals surface area contributed by atoms with E-state index in [4.69, 9.17) is 0 Å². The van der Waals surface area contributed by atoms with E-state index in [2.05, 4.69) is 9.80 Å². The van der Waals surface area contributed by atoms with Crippen molar-refractivity contribution in [2.45, 2.75) is 141 Å². The normalized spacial score (nSPS) is 40.2. The van der Waals surface area contributed by atoms with Gasteiger partial charge in [0.1, 0.15) is 0 Å². The van der Waals surface area contributed by atoms with Crippen LogP contribution in [0.4, 0.5) is 0 Å². The minimum atomic E-state index is -0.427. The molecule has 5 nitrogen and oxygen atoms in total. The van der Waals surface area contributed by atoms with Crippen LogP contribution in [0.3, 0.4) is 0 Å². The molecule has 5 fully saturated rings. The molecular weight excluding hydrogens is 484 g/mol. The second-order valence-corrected chi connectivity index (χ2v) is 14.8. The molecule has 0 aromatic carbocycles. The molecule has 2 unspecified atom stereocenters. The van der Waals surface area contributed by atoms with Gasteiger partial charge in [-0.2, -0.15) is 0 Å². The summed E-state index contributed by atoms with van der Waals surface area (Å²) in [5.74, 6) is 2.49. The number of aliphatic hydroxyl groups is 1. The molecule has 2 heterocycles. The molecule has 4 atom stereocenters.